The van der Waals surface area contributed by atoms with Crippen LogP contribution in [-0.4, -0.2) is 19.5 Å². The third-order valence-electron chi connectivity index (χ3n) is 11.5. The topological polar surface area (TPSA) is 52.8 Å². The number of nitrogens with zero attached hydrogens (tertiary/aromatic N) is 4. The first-order chi connectivity index (χ1) is 27.3. The fourth-order valence-electron chi connectivity index (χ4n) is 9.27. The molecule has 1 aliphatic carbocycles. The van der Waals surface area contributed by atoms with E-state index in [9.17, 15) is 0 Å². The van der Waals surface area contributed by atoms with Gasteiger partial charge in [-0.05, 0) is 33.7 Å². The van der Waals surface area contributed by atoms with E-state index in [0.29, 0.717) is 17.6 Å². The highest BCUT2D eigenvalue weighted by molar-refractivity contribution is 6.20. The number of fused-ring (bicyclic) bond motifs is 15. The van der Waals surface area contributed by atoms with E-state index in [0.717, 1.165) is 66.3 Å². The van der Waals surface area contributed by atoms with Gasteiger partial charge in [0.1, 0.15) is 11.3 Å². The largest absolute Gasteiger partial charge is 0.454 e. The van der Waals surface area contributed by atoms with Crippen molar-refractivity contribution in [3.8, 4) is 51.3 Å². The van der Waals surface area contributed by atoms with Crippen LogP contribution in [-0.2, 0) is 5.41 Å². The molecular weight excluding hydrogens is 673 g/mol. The Morgan fingerprint density at radius 2 is 0.945 bits per heavy atom. The number of benzene rings is 8. The molecule has 2 aromatic heterocycles. The van der Waals surface area contributed by atoms with Gasteiger partial charge in [0.05, 0.1) is 10.9 Å². The molecule has 12 rings (SSSR count). The Balaban J connectivity index is 1.27. The summed E-state index contributed by atoms with van der Waals surface area (Å²) in [5.41, 5.74) is 10.4. The summed E-state index contributed by atoms with van der Waals surface area (Å²) in [7, 11) is 0. The van der Waals surface area contributed by atoms with Crippen molar-refractivity contribution in [3.05, 3.63) is 204 Å². The summed E-state index contributed by atoms with van der Waals surface area (Å²) < 4.78 is 9.49. The van der Waals surface area contributed by atoms with Crippen LogP contribution in [0.3, 0.4) is 0 Å². The molecule has 1 aliphatic heterocycles. The molecule has 3 heterocycles. The van der Waals surface area contributed by atoms with E-state index in [2.05, 4.69) is 150 Å². The van der Waals surface area contributed by atoms with Crippen molar-refractivity contribution in [1.82, 2.24) is 19.5 Å². The minimum Gasteiger partial charge on any atom is -0.454 e. The first kappa shape index (κ1) is 30.1. The average molecular weight is 703 g/mol. The molecule has 0 saturated heterocycles. The zero-order valence-corrected chi connectivity index (χ0v) is 29.5. The van der Waals surface area contributed by atoms with Gasteiger partial charge in [-0.2, -0.15) is 9.97 Å². The summed E-state index contributed by atoms with van der Waals surface area (Å²) in [6, 6.07) is 64.1. The van der Waals surface area contributed by atoms with Crippen molar-refractivity contribution >= 4 is 32.6 Å². The van der Waals surface area contributed by atoms with Gasteiger partial charge in [-0.25, -0.2) is 4.98 Å². The van der Waals surface area contributed by atoms with Gasteiger partial charge in [-0.3, -0.25) is 4.57 Å². The fraction of sp³-hybridized carbons (Fsp3) is 0.0200. The Morgan fingerprint density at radius 3 is 1.64 bits per heavy atom. The molecule has 256 valence electrons. The highest BCUT2D eigenvalue weighted by Gasteiger charge is 2.51. The predicted molar refractivity (Wildman–Crippen MR) is 220 cm³/mol. The predicted octanol–water partition coefficient (Wildman–Crippen LogP) is 11.9. The van der Waals surface area contributed by atoms with E-state index in [1.807, 2.05) is 36.4 Å². The van der Waals surface area contributed by atoms with Crippen molar-refractivity contribution in [2.45, 2.75) is 5.41 Å². The second kappa shape index (κ2) is 11.3. The van der Waals surface area contributed by atoms with Crippen molar-refractivity contribution < 1.29 is 4.74 Å². The standard InChI is InChI=1S/C50H30N4O/c1-3-16-32(17-4-1)47-51-48(33-18-5-2-6-19-33)53-49(52-47)54-44-34-20-8-7-15-31(34)27-28-37(44)38-29-30-42-46(45(38)54)55-43-26-14-13-25-41(43)50(42)39-23-11-9-21-35(39)36-22-10-12-24-40(36)50/h1-30H. The molecular formula is C50H30N4O. The zero-order chi connectivity index (χ0) is 36.1. The van der Waals surface area contributed by atoms with Crippen LogP contribution in [0.2, 0.25) is 0 Å². The van der Waals surface area contributed by atoms with Crippen molar-refractivity contribution in [3.63, 3.8) is 0 Å². The first-order valence-corrected chi connectivity index (χ1v) is 18.6. The van der Waals surface area contributed by atoms with Gasteiger partial charge in [0.15, 0.2) is 17.4 Å². The first-order valence-electron chi connectivity index (χ1n) is 18.6. The third kappa shape index (κ3) is 4.09. The molecule has 1 spiro atoms. The van der Waals surface area contributed by atoms with Gasteiger partial charge in [-0.15, -0.1) is 0 Å². The number of para-hydroxylation sites is 1. The molecule has 55 heavy (non-hydrogen) atoms. The smallest absolute Gasteiger partial charge is 0.238 e. The maximum absolute atomic E-state index is 7.25. The van der Waals surface area contributed by atoms with Crippen molar-refractivity contribution in [2.75, 3.05) is 0 Å². The zero-order valence-electron chi connectivity index (χ0n) is 29.5. The van der Waals surface area contributed by atoms with Gasteiger partial charge in [0, 0.05) is 38.4 Å². The Labute approximate surface area is 316 Å². The Bertz CT molecular complexity index is 3080. The molecule has 5 heteroatoms. The van der Waals surface area contributed by atoms with Crippen molar-refractivity contribution in [1.29, 1.82) is 0 Å². The van der Waals surface area contributed by atoms with Crippen LogP contribution in [0, 0.1) is 0 Å². The van der Waals surface area contributed by atoms with Gasteiger partial charge in [0.2, 0.25) is 5.95 Å². The van der Waals surface area contributed by atoms with E-state index in [-0.39, 0.29) is 0 Å². The van der Waals surface area contributed by atoms with Crippen LogP contribution in [0.25, 0.3) is 72.4 Å². The number of hydrogen-bond acceptors (Lipinski definition) is 4. The van der Waals surface area contributed by atoms with Gasteiger partial charge >= 0.3 is 0 Å². The molecule has 0 atom stereocenters. The summed E-state index contributed by atoms with van der Waals surface area (Å²) in [4.78, 5) is 15.7. The Hall–Kier alpha value is -7.37. The summed E-state index contributed by atoms with van der Waals surface area (Å²) in [6.45, 7) is 0. The molecule has 0 fully saturated rings. The van der Waals surface area contributed by atoms with Gasteiger partial charge < -0.3 is 4.74 Å². The number of ether oxygens (including phenoxy) is 1. The number of aromatic nitrogens is 4. The highest BCUT2D eigenvalue weighted by atomic mass is 16.5. The van der Waals surface area contributed by atoms with Crippen LogP contribution >= 0.6 is 0 Å². The third-order valence-corrected chi connectivity index (χ3v) is 11.5. The normalized spacial score (nSPS) is 13.4. The van der Waals surface area contributed by atoms with E-state index < -0.39 is 5.41 Å². The van der Waals surface area contributed by atoms with E-state index in [1.54, 1.807) is 0 Å². The molecule has 10 aromatic rings. The summed E-state index contributed by atoms with van der Waals surface area (Å²) >= 11 is 0. The van der Waals surface area contributed by atoms with Gasteiger partial charge in [0.25, 0.3) is 0 Å². The van der Waals surface area contributed by atoms with E-state index >= 15 is 0 Å². The van der Waals surface area contributed by atoms with Crippen LogP contribution in [0.1, 0.15) is 22.3 Å². The molecule has 0 saturated carbocycles. The summed E-state index contributed by atoms with van der Waals surface area (Å²) in [6.07, 6.45) is 0. The minimum atomic E-state index is -0.613. The fourth-order valence-corrected chi connectivity index (χ4v) is 9.27. The minimum absolute atomic E-state index is 0.529. The summed E-state index contributed by atoms with van der Waals surface area (Å²) in [5.74, 6) is 3.37. The van der Waals surface area contributed by atoms with Crippen LogP contribution in [0.5, 0.6) is 11.5 Å². The number of rotatable bonds is 3. The quantitative estimate of drug-likeness (QED) is 0.184. The Morgan fingerprint density at radius 1 is 0.400 bits per heavy atom. The Kier molecular flexibility index (Phi) is 6.20. The second-order valence-electron chi connectivity index (χ2n) is 14.3. The molecule has 8 aromatic carbocycles. The molecule has 2 aliphatic rings. The van der Waals surface area contributed by atoms with Crippen molar-refractivity contribution in [2.24, 2.45) is 0 Å². The molecule has 5 nitrogen and oxygen atoms in total. The maximum atomic E-state index is 7.25. The number of hydrogen-bond donors (Lipinski definition) is 0. The summed E-state index contributed by atoms with van der Waals surface area (Å²) in [5, 5.41) is 4.41. The van der Waals surface area contributed by atoms with Gasteiger partial charge in [-0.1, -0.05) is 176 Å². The highest BCUT2D eigenvalue weighted by Crippen LogP contribution is 2.63. The lowest BCUT2D eigenvalue weighted by Gasteiger charge is -2.39. The van der Waals surface area contributed by atoms with E-state index in [1.165, 1.54) is 22.3 Å². The monoisotopic (exact) mass is 702 g/mol. The molecule has 0 N–H and O–H groups in total. The molecule has 0 unspecified atom stereocenters. The van der Waals surface area contributed by atoms with Crippen LogP contribution in [0.15, 0.2) is 182 Å². The average Bonchev–Trinajstić information content (AvgIpc) is 3.76. The molecule has 0 bridgehead atoms. The lowest BCUT2D eigenvalue weighted by atomic mass is 9.66. The van der Waals surface area contributed by atoms with Crippen LogP contribution in [0.4, 0.5) is 0 Å². The molecule has 0 radical (unpaired) electrons. The van der Waals surface area contributed by atoms with Crippen LogP contribution < -0.4 is 4.74 Å². The lowest BCUT2D eigenvalue weighted by Crippen LogP contribution is -2.32. The van der Waals surface area contributed by atoms with E-state index in [4.69, 9.17) is 19.7 Å². The lowest BCUT2D eigenvalue weighted by molar-refractivity contribution is 0.440. The SMILES string of the molecule is c1ccc(-c2nc(-c3ccccc3)nc(-n3c4c5c(ccc4c4ccc6ccccc6c43)C3(c4ccccc4O5)c4ccccc4-c4ccccc43)n2)cc1. The molecule has 0 amide bonds. The maximum Gasteiger partial charge on any atom is 0.238 e. The second-order valence-corrected chi connectivity index (χ2v) is 14.3.